The first kappa shape index (κ1) is 14.5. The van der Waals surface area contributed by atoms with Crippen LogP contribution in [0.5, 0.6) is 0 Å². The molecule has 6 heteroatoms. The number of nitriles is 1. The molecule has 0 N–H and O–H groups in total. The summed E-state index contributed by atoms with van der Waals surface area (Å²) in [6, 6.07) is 1.86. The first-order valence-corrected chi connectivity index (χ1v) is 6.10. The summed E-state index contributed by atoms with van der Waals surface area (Å²) in [6.45, 7) is 2.76. The summed E-state index contributed by atoms with van der Waals surface area (Å²) in [4.78, 5) is 26.8. The van der Waals surface area contributed by atoms with E-state index in [-0.39, 0.29) is 18.2 Å². The third kappa shape index (κ3) is 4.34. The second-order valence-corrected chi connectivity index (χ2v) is 4.19. The molecule has 6 nitrogen and oxygen atoms in total. The zero-order valence-electron chi connectivity index (χ0n) is 10.7. The van der Waals surface area contributed by atoms with Gasteiger partial charge in [0.25, 0.3) is 0 Å². The highest BCUT2D eigenvalue weighted by atomic mass is 16.5. The molecule has 0 aromatic heterocycles. The number of hydrogen-bond donors (Lipinski definition) is 0. The molecule has 0 bridgehead atoms. The van der Waals surface area contributed by atoms with Crippen LogP contribution in [0.25, 0.3) is 0 Å². The molecule has 1 aliphatic heterocycles. The second-order valence-electron chi connectivity index (χ2n) is 4.19. The lowest BCUT2D eigenvalue weighted by Crippen LogP contribution is -2.37. The van der Waals surface area contributed by atoms with Crippen molar-refractivity contribution in [2.24, 2.45) is 0 Å². The van der Waals surface area contributed by atoms with Crippen molar-refractivity contribution in [1.82, 2.24) is 9.80 Å². The van der Waals surface area contributed by atoms with Crippen LogP contribution in [0.15, 0.2) is 0 Å². The van der Waals surface area contributed by atoms with Crippen molar-refractivity contribution in [2.75, 3.05) is 39.9 Å². The van der Waals surface area contributed by atoms with Crippen molar-refractivity contribution in [1.29, 1.82) is 5.26 Å². The highest BCUT2D eigenvalue weighted by Crippen LogP contribution is 2.06. The van der Waals surface area contributed by atoms with E-state index < -0.39 is 0 Å². The van der Waals surface area contributed by atoms with E-state index in [4.69, 9.17) is 10.00 Å². The summed E-state index contributed by atoms with van der Waals surface area (Å²) in [5.41, 5.74) is 0. The van der Waals surface area contributed by atoms with Gasteiger partial charge in [0.1, 0.15) is 6.42 Å². The lowest BCUT2D eigenvalue weighted by Gasteiger charge is -2.21. The Kier molecular flexibility index (Phi) is 6.15. The Morgan fingerprint density at radius 3 is 2.33 bits per heavy atom. The van der Waals surface area contributed by atoms with Gasteiger partial charge in [0.15, 0.2) is 0 Å². The van der Waals surface area contributed by atoms with Gasteiger partial charge in [0.2, 0.25) is 11.8 Å². The van der Waals surface area contributed by atoms with Crippen LogP contribution in [0.2, 0.25) is 0 Å². The number of ether oxygens (including phenoxy) is 1. The van der Waals surface area contributed by atoms with Crippen LogP contribution in [0.4, 0.5) is 0 Å². The van der Waals surface area contributed by atoms with Gasteiger partial charge in [0.05, 0.1) is 19.1 Å². The van der Waals surface area contributed by atoms with E-state index >= 15 is 0 Å². The Morgan fingerprint density at radius 2 is 1.78 bits per heavy atom. The molecule has 1 aliphatic rings. The summed E-state index contributed by atoms with van der Waals surface area (Å²) >= 11 is 0. The number of hydrogen-bond acceptors (Lipinski definition) is 4. The molecule has 0 aromatic rings. The third-order valence-corrected chi connectivity index (χ3v) is 2.95. The summed E-state index contributed by atoms with van der Waals surface area (Å²) in [5, 5.41) is 8.50. The minimum Gasteiger partial charge on any atom is -0.384 e. The number of methoxy groups -OCH3 is 1. The minimum atomic E-state index is -0.149. The number of nitrogens with zero attached hydrogens (tertiary/aromatic N) is 3. The normalized spacial score (nSPS) is 16.0. The average Bonchev–Trinajstić information content (AvgIpc) is 2.62. The molecule has 0 atom stereocenters. The first-order chi connectivity index (χ1) is 8.69. The largest absolute Gasteiger partial charge is 0.384 e. The summed E-state index contributed by atoms with van der Waals surface area (Å²) < 4.78 is 4.88. The molecule has 0 radical (unpaired) electrons. The standard InChI is InChI=1S/C12H19N3O3/c1-18-10-4-12(17)15-7-2-6-14(8-9-15)11(16)3-5-13/h2-4,6-10H2,1H3. The molecule has 18 heavy (non-hydrogen) atoms. The van der Waals surface area contributed by atoms with E-state index in [0.29, 0.717) is 39.2 Å². The molecule has 0 aromatic carbocycles. The van der Waals surface area contributed by atoms with Gasteiger partial charge >= 0.3 is 0 Å². The Bertz CT molecular complexity index is 338. The van der Waals surface area contributed by atoms with E-state index in [0.717, 1.165) is 6.42 Å². The molecule has 0 spiro atoms. The smallest absolute Gasteiger partial charge is 0.236 e. The van der Waals surface area contributed by atoms with Crippen LogP contribution in [-0.4, -0.2) is 61.5 Å². The fourth-order valence-corrected chi connectivity index (χ4v) is 1.94. The quantitative estimate of drug-likeness (QED) is 0.706. The van der Waals surface area contributed by atoms with Crippen molar-refractivity contribution in [2.45, 2.75) is 19.3 Å². The van der Waals surface area contributed by atoms with Crippen molar-refractivity contribution < 1.29 is 14.3 Å². The fraction of sp³-hybridized carbons (Fsp3) is 0.750. The molecule has 1 rings (SSSR count). The number of amides is 2. The first-order valence-electron chi connectivity index (χ1n) is 6.10. The van der Waals surface area contributed by atoms with Gasteiger partial charge in [0, 0.05) is 33.3 Å². The van der Waals surface area contributed by atoms with Gasteiger partial charge in [-0.3, -0.25) is 9.59 Å². The summed E-state index contributed by atoms with van der Waals surface area (Å²) in [6.07, 6.45) is 1.05. The van der Waals surface area contributed by atoms with E-state index in [1.807, 2.05) is 6.07 Å². The minimum absolute atomic E-state index is 0.0615. The van der Waals surface area contributed by atoms with Crippen molar-refractivity contribution in [3.8, 4) is 6.07 Å². The summed E-state index contributed by atoms with van der Waals surface area (Å²) in [5.74, 6) is -0.0878. The lowest BCUT2D eigenvalue weighted by molar-refractivity contribution is -0.133. The third-order valence-electron chi connectivity index (χ3n) is 2.95. The Labute approximate surface area is 107 Å². The highest BCUT2D eigenvalue weighted by molar-refractivity contribution is 5.79. The molecule has 2 amide bonds. The molecule has 1 fully saturated rings. The maximum absolute atomic E-state index is 11.8. The monoisotopic (exact) mass is 253 g/mol. The van der Waals surface area contributed by atoms with Crippen LogP contribution in [0.3, 0.4) is 0 Å². The van der Waals surface area contributed by atoms with Crippen molar-refractivity contribution in [3.63, 3.8) is 0 Å². The van der Waals surface area contributed by atoms with Gasteiger partial charge in [-0.2, -0.15) is 5.26 Å². The van der Waals surface area contributed by atoms with Gasteiger partial charge in [-0.25, -0.2) is 0 Å². The zero-order chi connectivity index (χ0) is 13.4. The zero-order valence-corrected chi connectivity index (χ0v) is 10.7. The average molecular weight is 253 g/mol. The van der Waals surface area contributed by atoms with Gasteiger partial charge < -0.3 is 14.5 Å². The topological polar surface area (TPSA) is 73.6 Å². The molecule has 0 aliphatic carbocycles. The van der Waals surface area contributed by atoms with E-state index in [1.165, 1.54) is 0 Å². The SMILES string of the molecule is COCCC(=O)N1CCCN(C(=O)CC#N)CC1. The maximum Gasteiger partial charge on any atom is 0.236 e. The molecule has 1 heterocycles. The second kappa shape index (κ2) is 7.67. The van der Waals surface area contributed by atoms with Crippen LogP contribution in [0.1, 0.15) is 19.3 Å². The molecule has 0 unspecified atom stereocenters. The maximum atomic E-state index is 11.8. The summed E-state index contributed by atoms with van der Waals surface area (Å²) in [7, 11) is 1.57. The predicted molar refractivity (Wildman–Crippen MR) is 64.5 cm³/mol. The van der Waals surface area contributed by atoms with Gasteiger partial charge in [-0.15, -0.1) is 0 Å². The fourth-order valence-electron chi connectivity index (χ4n) is 1.94. The van der Waals surface area contributed by atoms with Gasteiger partial charge in [-0.05, 0) is 6.42 Å². The molecular weight excluding hydrogens is 234 g/mol. The van der Waals surface area contributed by atoms with Crippen molar-refractivity contribution >= 4 is 11.8 Å². The lowest BCUT2D eigenvalue weighted by atomic mass is 10.3. The molecule has 0 saturated carbocycles. The predicted octanol–water partition coefficient (Wildman–Crippen LogP) is -0.00252. The molecule has 100 valence electrons. The Morgan fingerprint density at radius 1 is 1.17 bits per heavy atom. The van der Waals surface area contributed by atoms with Gasteiger partial charge in [-0.1, -0.05) is 0 Å². The number of rotatable bonds is 4. The van der Waals surface area contributed by atoms with E-state index in [2.05, 4.69) is 0 Å². The number of carbonyl (C=O) groups excluding carboxylic acids is 2. The Hall–Kier alpha value is -1.61. The van der Waals surface area contributed by atoms with E-state index in [9.17, 15) is 9.59 Å². The molecular formula is C12H19N3O3. The van der Waals surface area contributed by atoms with E-state index in [1.54, 1.807) is 16.9 Å². The van der Waals surface area contributed by atoms with Crippen LogP contribution in [0, 0.1) is 11.3 Å². The van der Waals surface area contributed by atoms with Crippen LogP contribution < -0.4 is 0 Å². The van der Waals surface area contributed by atoms with Crippen molar-refractivity contribution in [3.05, 3.63) is 0 Å². The van der Waals surface area contributed by atoms with Crippen LogP contribution >= 0.6 is 0 Å². The Balaban J connectivity index is 2.43. The molecule has 1 saturated heterocycles. The highest BCUT2D eigenvalue weighted by Gasteiger charge is 2.21. The van der Waals surface area contributed by atoms with Crippen LogP contribution in [-0.2, 0) is 14.3 Å². The number of carbonyl (C=O) groups is 2.